The fourth-order valence-electron chi connectivity index (χ4n) is 1.40. The Labute approximate surface area is 97.5 Å². The Morgan fingerprint density at radius 3 is 3.06 bits per heavy atom. The molecule has 2 rings (SSSR count). The van der Waals surface area contributed by atoms with Crippen LogP contribution in [0.4, 0.5) is 4.39 Å². The first-order valence-electron chi connectivity index (χ1n) is 5.16. The average molecular weight is 234 g/mol. The molecule has 1 aromatic carbocycles. The highest BCUT2D eigenvalue weighted by Gasteiger charge is 2.05. The van der Waals surface area contributed by atoms with Crippen LogP contribution in [0.15, 0.2) is 41.3 Å². The number of halogens is 1. The van der Waals surface area contributed by atoms with Crippen molar-refractivity contribution in [3.8, 4) is 0 Å². The van der Waals surface area contributed by atoms with Crippen molar-refractivity contribution in [1.29, 1.82) is 0 Å². The van der Waals surface area contributed by atoms with Crippen LogP contribution in [0.1, 0.15) is 16.1 Å². The quantitative estimate of drug-likeness (QED) is 0.877. The first kappa shape index (κ1) is 11.3. The van der Waals surface area contributed by atoms with E-state index in [0.717, 1.165) is 5.69 Å². The molecule has 0 aliphatic heterocycles. The summed E-state index contributed by atoms with van der Waals surface area (Å²) in [4.78, 5) is 15.5. The number of aromatic nitrogens is 1. The van der Waals surface area contributed by atoms with Gasteiger partial charge < -0.3 is 9.73 Å². The Bertz CT molecular complexity index is 497. The molecule has 0 fully saturated rings. The Balaban J connectivity index is 1.85. The average Bonchev–Trinajstić information content (AvgIpc) is 2.82. The van der Waals surface area contributed by atoms with Crippen molar-refractivity contribution in [2.45, 2.75) is 6.42 Å². The van der Waals surface area contributed by atoms with Gasteiger partial charge in [-0.15, -0.1) is 0 Å². The summed E-state index contributed by atoms with van der Waals surface area (Å²) in [5.74, 6) is -0.720. The minimum atomic E-state index is -0.422. The smallest absolute Gasteiger partial charge is 0.251 e. The summed E-state index contributed by atoms with van der Waals surface area (Å²) in [6.07, 6.45) is 3.44. The van der Waals surface area contributed by atoms with Crippen LogP contribution in [0.25, 0.3) is 0 Å². The zero-order valence-corrected chi connectivity index (χ0v) is 9.02. The lowest BCUT2D eigenvalue weighted by atomic mass is 10.2. The molecule has 1 N–H and O–H groups in total. The van der Waals surface area contributed by atoms with Crippen LogP contribution in [-0.4, -0.2) is 17.4 Å². The Morgan fingerprint density at radius 1 is 1.47 bits per heavy atom. The number of nitrogens with one attached hydrogen (secondary N) is 1. The van der Waals surface area contributed by atoms with Crippen molar-refractivity contribution in [2.75, 3.05) is 6.54 Å². The number of nitrogens with zero attached hydrogens (tertiary/aromatic N) is 1. The van der Waals surface area contributed by atoms with Crippen LogP contribution in [0, 0.1) is 5.82 Å². The standard InChI is InChI=1S/C12H11FN2O2/c13-10-3-1-2-9(6-10)12(16)14-5-4-11-7-17-8-15-11/h1-3,6-8H,4-5H2,(H,14,16). The van der Waals surface area contributed by atoms with Crippen LogP contribution in [0.2, 0.25) is 0 Å². The van der Waals surface area contributed by atoms with E-state index in [2.05, 4.69) is 10.3 Å². The predicted molar refractivity (Wildman–Crippen MR) is 58.9 cm³/mol. The van der Waals surface area contributed by atoms with Crippen LogP contribution in [0.3, 0.4) is 0 Å². The zero-order valence-electron chi connectivity index (χ0n) is 9.02. The molecule has 0 bridgehead atoms. The van der Waals surface area contributed by atoms with E-state index >= 15 is 0 Å². The van der Waals surface area contributed by atoms with Gasteiger partial charge >= 0.3 is 0 Å². The Kier molecular flexibility index (Phi) is 3.49. The number of rotatable bonds is 4. The van der Waals surface area contributed by atoms with E-state index in [-0.39, 0.29) is 5.91 Å². The van der Waals surface area contributed by atoms with Gasteiger partial charge in [0.05, 0.1) is 5.69 Å². The summed E-state index contributed by atoms with van der Waals surface area (Å²) in [5, 5.41) is 2.68. The van der Waals surface area contributed by atoms with Crippen LogP contribution < -0.4 is 5.32 Å². The van der Waals surface area contributed by atoms with E-state index in [1.54, 1.807) is 6.07 Å². The molecule has 0 atom stereocenters. The lowest BCUT2D eigenvalue weighted by Crippen LogP contribution is -2.25. The number of hydrogen-bond donors (Lipinski definition) is 1. The minimum Gasteiger partial charge on any atom is -0.451 e. The summed E-state index contributed by atoms with van der Waals surface area (Å²) in [6, 6.07) is 5.56. The van der Waals surface area contributed by atoms with E-state index < -0.39 is 5.82 Å². The van der Waals surface area contributed by atoms with Crippen molar-refractivity contribution < 1.29 is 13.6 Å². The van der Waals surface area contributed by atoms with Gasteiger partial charge in [-0.05, 0) is 18.2 Å². The van der Waals surface area contributed by atoms with E-state index in [9.17, 15) is 9.18 Å². The van der Waals surface area contributed by atoms with Crippen molar-refractivity contribution in [3.63, 3.8) is 0 Å². The third-order valence-corrected chi connectivity index (χ3v) is 2.24. The van der Waals surface area contributed by atoms with E-state index in [0.29, 0.717) is 18.5 Å². The molecule has 4 nitrogen and oxygen atoms in total. The molecule has 0 saturated heterocycles. The first-order chi connectivity index (χ1) is 8.25. The largest absolute Gasteiger partial charge is 0.451 e. The van der Waals surface area contributed by atoms with Crippen LogP contribution in [-0.2, 0) is 6.42 Å². The summed E-state index contributed by atoms with van der Waals surface area (Å²) in [6.45, 7) is 0.432. The van der Waals surface area contributed by atoms with Gasteiger partial charge in [-0.3, -0.25) is 4.79 Å². The highest BCUT2D eigenvalue weighted by Crippen LogP contribution is 2.03. The summed E-state index contributed by atoms with van der Waals surface area (Å²) < 4.78 is 17.7. The molecule has 0 radical (unpaired) electrons. The molecule has 88 valence electrons. The van der Waals surface area contributed by atoms with Gasteiger partial charge in [0.15, 0.2) is 6.39 Å². The lowest BCUT2D eigenvalue weighted by Gasteiger charge is -2.03. The van der Waals surface area contributed by atoms with Crippen molar-refractivity contribution in [2.24, 2.45) is 0 Å². The van der Waals surface area contributed by atoms with Crippen molar-refractivity contribution >= 4 is 5.91 Å². The topological polar surface area (TPSA) is 55.1 Å². The fraction of sp³-hybridized carbons (Fsp3) is 0.167. The third kappa shape index (κ3) is 3.14. The molecule has 1 amide bonds. The highest BCUT2D eigenvalue weighted by atomic mass is 19.1. The van der Waals surface area contributed by atoms with Crippen molar-refractivity contribution in [3.05, 3.63) is 54.0 Å². The summed E-state index contributed by atoms with van der Waals surface area (Å²) >= 11 is 0. The highest BCUT2D eigenvalue weighted by molar-refractivity contribution is 5.94. The monoisotopic (exact) mass is 234 g/mol. The number of hydrogen-bond acceptors (Lipinski definition) is 3. The van der Waals surface area contributed by atoms with Crippen LogP contribution >= 0.6 is 0 Å². The molecule has 1 heterocycles. The second-order valence-electron chi connectivity index (χ2n) is 3.50. The van der Waals surface area contributed by atoms with Gasteiger partial charge in [0, 0.05) is 18.5 Å². The SMILES string of the molecule is O=C(NCCc1cocn1)c1cccc(F)c1. The van der Waals surface area contributed by atoms with Gasteiger partial charge in [-0.2, -0.15) is 0 Å². The van der Waals surface area contributed by atoms with Gasteiger partial charge in [-0.1, -0.05) is 6.07 Å². The molecule has 0 aliphatic carbocycles. The molecule has 1 aromatic heterocycles. The number of amides is 1. The lowest BCUT2D eigenvalue weighted by molar-refractivity contribution is 0.0953. The molecule has 5 heteroatoms. The van der Waals surface area contributed by atoms with Crippen LogP contribution in [0.5, 0.6) is 0 Å². The minimum absolute atomic E-state index is 0.298. The van der Waals surface area contributed by atoms with Gasteiger partial charge in [-0.25, -0.2) is 9.37 Å². The first-order valence-corrected chi connectivity index (χ1v) is 5.16. The fourth-order valence-corrected chi connectivity index (χ4v) is 1.40. The molecule has 0 spiro atoms. The van der Waals surface area contributed by atoms with Gasteiger partial charge in [0.1, 0.15) is 12.1 Å². The number of benzene rings is 1. The summed E-state index contributed by atoms with van der Waals surface area (Å²) in [7, 11) is 0. The number of carbonyl (C=O) groups is 1. The molecule has 0 unspecified atom stereocenters. The predicted octanol–water partition coefficient (Wildman–Crippen LogP) is 1.79. The van der Waals surface area contributed by atoms with E-state index in [4.69, 9.17) is 4.42 Å². The Morgan fingerprint density at radius 2 is 2.35 bits per heavy atom. The molecule has 0 aliphatic rings. The molecule has 0 saturated carbocycles. The zero-order chi connectivity index (χ0) is 12.1. The maximum absolute atomic E-state index is 12.9. The molecule has 17 heavy (non-hydrogen) atoms. The Hall–Kier alpha value is -2.17. The van der Waals surface area contributed by atoms with E-state index in [1.807, 2.05) is 0 Å². The van der Waals surface area contributed by atoms with E-state index in [1.165, 1.54) is 30.9 Å². The number of carbonyl (C=O) groups excluding carboxylic acids is 1. The molecule has 2 aromatic rings. The summed E-state index contributed by atoms with van der Waals surface area (Å²) in [5.41, 5.74) is 1.08. The van der Waals surface area contributed by atoms with Crippen molar-refractivity contribution in [1.82, 2.24) is 10.3 Å². The van der Waals surface area contributed by atoms with Gasteiger partial charge in [0.25, 0.3) is 5.91 Å². The molecular formula is C12H11FN2O2. The normalized spacial score (nSPS) is 10.2. The second kappa shape index (κ2) is 5.25. The maximum atomic E-state index is 12.9. The third-order valence-electron chi connectivity index (χ3n) is 2.24. The maximum Gasteiger partial charge on any atom is 0.251 e. The van der Waals surface area contributed by atoms with Gasteiger partial charge in [0.2, 0.25) is 0 Å². The number of oxazole rings is 1. The second-order valence-corrected chi connectivity index (χ2v) is 3.50. The molecular weight excluding hydrogens is 223 g/mol.